The molecule has 0 aromatic heterocycles. The van der Waals surface area contributed by atoms with Crippen molar-refractivity contribution in [2.45, 2.75) is 32.1 Å². The van der Waals surface area contributed by atoms with Crippen molar-refractivity contribution in [3.63, 3.8) is 0 Å². The smallest absolute Gasteiger partial charge is 0.327 e. The van der Waals surface area contributed by atoms with E-state index < -0.39 is 8.60 Å². The first-order chi connectivity index (χ1) is 13.3. The minimum atomic E-state index is -2.30. The van der Waals surface area contributed by atoms with Crippen molar-refractivity contribution >= 4 is 20.4 Å². The second-order valence-corrected chi connectivity index (χ2v) is 7.89. The topological polar surface area (TPSA) is 143 Å². The molecule has 0 aliphatic carbocycles. The fourth-order valence-electron chi connectivity index (χ4n) is 2.26. The molecule has 0 saturated carbocycles. The summed E-state index contributed by atoms with van der Waals surface area (Å²) in [5.41, 5.74) is 5.40. The quantitative estimate of drug-likeness (QED) is 0.113. The number of unbranched alkanes of at least 4 members (excludes halogenated alkanes) is 2. The second kappa shape index (κ2) is 17.0. The Morgan fingerprint density at radius 2 is 1.57 bits per heavy atom. The van der Waals surface area contributed by atoms with Crippen LogP contribution in [0.1, 0.15) is 32.1 Å². The lowest BCUT2D eigenvalue weighted by Crippen LogP contribution is -2.44. The molecule has 28 heavy (non-hydrogen) atoms. The van der Waals surface area contributed by atoms with E-state index in [1.807, 2.05) is 14.1 Å². The van der Waals surface area contributed by atoms with Gasteiger partial charge in [-0.1, -0.05) is 6.42 Å². The third-order valence-corrected chi connectivity index (χ3v) is 4.51. The molecular formula is C17H38N4O6P+. The standard InChI is InChI=1S/C17H37N4O6P/c1-21(2,12-15-27-28(24)25)11-14-26-13-10-20-17(23)7-9-19-16(22)6-4-3-5-8-18/h24-25H,3-15,18H2,1-2H3,(H-,19,20,22,23)/p+1. The molecule has 6 N–H and O–H groups in total. The molecule has 0 fully saturated rings. The number of nitrogens with one attached hydrogen (secondary N) is 2. The zero-order valence-corrected chi connectivity index (χ0v) is 18.1. The third kappa shape index (κ3) is 18.5. The van der Waals surface area contributed by atoms with Crippen LogP contribution in [0.4, 0.5) is 0 Å². The van der Waals surface area contributed by atoms with Crippen LogP contribution in [0.2, 0.25) is 0 Å². The number of likely N-dealkylation sites (N-methyl/N-ethyl adjacent to an activating group) is 1. The summed E-state index contributed by atoms with van der Waals surface area (Å²) in [6.45, 7) is 3.98. The predicted molar refractivity (Wildman–Crippen MR) is 108 cm³/mol. The van der Waals surface area contributed by atoms with Gasteiger partial charge in [-0.05, 0) is 19.4 Å². The van der Waals surface area contributed by atoms with Crippen LogP contribution in [0.15, 0.2) is 0 Å². The lowest BCUT2D eigenvalue weighted by Gasteiger charge is -2.29. The molecule has 166 valence electrons. The van der Waals surface area contributed by atoms with Gasteiger partial charge in [0.1, 0.15) is 19.7 Å². The van der Waals surface area contributed by atoms with Crippen LogP contribution in [-0.2, 0) is 18.8 Å². The lowest BCUT2D eigenvalue weighted by molar-refractivity contribution is -0.890. The molecule has 0 unspecified atom stereocenters. The summed E-state index contributed by atoms with van der Waals surface area (Å²) in [6.07, 6.45) is 3.41. The summed E-state index contributed by atoms with van der Waals surface area (Å²) in [4.78, 5) is 40.7. The van der Waals surface area contributed by atoms with Crippen molar-refractivity contribution in [3.05, 3.63) is 0 Å². The molecule has 0 saturated heterocycles. The monoisotopic (exact) mass is 425 g/mol. The van der Waals surface area contributed by atoms with Gasteiger partial charge in [-0.15, -0.1) is 0 Å². The highest BCUT2D eigenvalue weighted by molar-refractivity contribution is 7.39. The van der Waals surface area contributed by atoms with Crippen molar-refractivity contribution in [3.8, 4) is 0 Å². The van der Waals surface area contributed by atoms with Gasteiger partial charge in [0.25, 0.3) is 0 Å². The molecule has 2 amide bonds. The molecule has 0 rings (SSSR count). The van der Waals surface area contributed by atoms with E-state index in [1.165, 1.54) is 0 Å². The normalized spacial score (nSPS) is 11.6. The fraction of sp³-hybridized carbons (Fsp3) is 0.882. The SMILES string of the molecule is C[N+](C)(CCOCCNC(=O)CCNC(=O)CCCCCN)CCOP(O)O. The Kier molecular flexibility index (Phi) is 16.5. The Morgan fingerprint density at radius 1 is 0.929 bits per heavy atom. The Balaban J connectivity index is 3.55. The van der Waals surface area contributed by atoms with E-state index in [9.17, 15) is 9.59 Å². The molecule has 0 aliphatic rings. The molecule has 0 aromatic carbocycles. The average Bonchev–Trinajstić information content (AvgIpc) is 2.61. The predicted octanol–water partition coefficient (Wildman–Crippen LogP) is -0.551. The number of nitrogens with two attached hydrogens (primary N) is 1. The Bertz CT molecular complexity index is 426. The number of hydrogen-bond donors (Lipinski definition) is 5. The van der Waals surface area contributed by atoms with Crippen LogP contribution < -0.4 is 16.4 Å². The zero-order valence-electron chi connectivity index (χ0n) is 17.2. The van der Waals surface area contributed by atoms with Crippen LogP contribution in [0.5, 0.6) is 0 Å². The second-order valence-electron chi connectivity index (χ2n) is 7.13. The first kappa shape index (κ1) is 27.1. The summed E-state index contributed by atoms with van der Waals surface area (Å²) in [7, 11) is 1.69. The van der Waals surface area contributed by atoms with E-state index in [2.05, 4.69) is 10.6 Å². The maximum absolute atomic E-state index is 11.7. The number of nitrogens with zero attached hydrogens (tertiary/aromatic N) is 1. The number of carbonyl (C=O) groups excluding carboxylic acids is 2. The largest absolute Gasteiger partial charge is 0.374 e. The molecule has 11 heteroatoms. The van der Waals surface area contributed by atoms with Crippen molar-refractivity contribution in [2.24, 2.45) is 5.73 Å². The molecule has 0 radical (unpaired) electrons. The number of amides is 2. The molecule has 0 aliphatic heterocycles. The van der Waals surface area contributed by atoms with E-state index in [-0.39, 0.29) is 24.8 Å². The third-order valence-electron chi connectivity index (χ3n) is 4.10. The lowest BCUT2D eigenvalue weighted by atomic mass is 10.2. The minimum absolute atomic E-state index is 0.0334. The van der Waals surface area contributed by atoms with Gasteiger partial charge in [0.2, 0.25) is 11.8 Å². The van der Waals surface area contributed by atoms with Gasteiger partial charge in [0.05, 0.1) is 27.3 Å². The zero-order chi connectivity index (χ0) is 21.3. The van der Waals surface area contributed by atoms with Crippen molar-refractivity contribution in [1.29, 1.82) is 0 Å². The van der Waals surface area contributed by atoms with Crippen LogP contribution in [-0.4, -0.2) is 92.7 Å². The summed E-state index contributed by atoms with van der Waals surface area (Å²) in [5.74, 6) is -0.154. The highest BCUT2D eigenvalue weighted by Crippen LogP contribution is 2.23. The maximum Gasteiger partial charge on any atom is 0.327 e. The molecule has 0 atom stereocenters. The summed E-state index contributed by atoms with van der Waals surface area (Å²) >= 11 is 0. The number of quaternary nitrogens is 1. The first-order valence-electron chi connectivity index (χ1n) is 9.71. The van der Waals surface area contributed by atoms with Crippen molar-refractivity contribution in [1.82, 2.24) is 10.6 Å². The van der Waals surface area contributed by atoms with Crippen LogP contribution in [0, 0.1) is 0 Å². The van der Waals surface area contributed by atoms with Gasteiger partial charge < -0.3 is 39.9 Å². The average molecular weight is 425 g/mol. The Labute approximate surface area is 169 Å². The van der Waals surface area contributed by atoms with E-state index in [0.717, 1.165) is 25.8 Å². The van der Waals surface area contributed by atoms with Crippen LogP contribution in [0.3, 0.4) is 0 Å². The van der Waals surface area contributed by atoms with Gasteiger partial charge in [-0.2, -0.15) is 0 Å². The molecule has 0 spiro atoms. The molecule has 0 heterocycles. The molecule has 0 bridgehead atoms. The molecular weight excluding hydrogens is 387 g/mol. The van der Waals surface area contributed by atoms with Gasteiger partial charge in [-0.25, -0.2) is 0 Å². The maximum atomic E-state index is 11.7. The van der Waals surface area contributed by atoms with Gasteiger partial charge in [0, 0.05) is 25.9 Å². The fourth-order valence-corrected chi connectivity index (χ4v) is 2.50. The number of rotatable bonds is 18. The van der Waals surface area contributed by atoms with E-state index in [1.54, 1.807) is 0 Å². The molecule has 0 aromatic rings. The minimum Gasteiger partial charge on any atom is -0.374 e. The number of ether oxygens (including phenoxy) is 1. The Hall–Kier alpha value is -0.870. The summed E-state index contributed by atoms with van der Waals surface area (Å²) in [6, 6.07) is 0. The van der Waals surface area contributed by atoms with E-state index in [4.69, 9.17) is 24.8 Å². The van der Waals surface area contributed by atoms with Gasteiger partial charge >= 0.3 is 8.60 Å². The summed E-state index contributed by atoms with van der Waals surface area (Å²) in [5, 5.41) is 5.49. The van der Waals surface area contributed by atoms with E-state index >= 15 is 0 Å². The van der Waals surface area contributed by atoms with Crippen molar-refractivity contribution in [2.75, 3.05) is 66.6 Å². The highest BCUT2D eigenvalue weighted by Gasteiger charge is 2.15. The van der Waals surface area contributed by atoms with Crippen molar-refractivity contribution < 1.29 is 33.1 Å². The van der Waals surface area contributed by atoms with Gasteiger partial charge in [0.15, 0.2) is 0 Å². The summed E-state index contributed by atoms with van der Waals surface area (Å²) < 4.78 is 10.9. The Morgan fingerprint density at radius 3 is 2.25 bits per heavy atom. The number of hydrogen-bond acceptors (Lipinski definition) is 7. The number of carbonyl (C=O) groups is 2. The highest BCUT2D eigenvalue weighted by atomic mass is 31.2. The first-order valence-corrected chi connectivity index (χ1v) is 10.9. The van der Waals surface area contributed by atoms with Crippen LogP contribution >= 0.6 is 8.60 Å². The van der Waals surface area contributed by atoms with Crippen LogP contribution in [0.25, 0.3) is 0 Å². The van der Waals surface area contributed by atoms with Gasteiger partial charge in [-0.3, -0.25) is 9.59 Å². The molecule has 10 nitrogen and oxygen atoms in total. The van der Waals surface area contributed by atoms with E-state index in [0.29, 0.717) is 50.3 Å².